The molecule has 1 aromatic carbocycles. The van der Waals surface area contributed by atoms with Gasteiger partial charge in [-0.3, -0.25) is 24.1 Å². The third kappa shape index (κ3) is 8.32. The average molecular weight is 689 g/mol. The lowest BCUT2D eigenvalue weighted by atomic mass is 9.86. The third-order valence-corrected chi connectivity index (χ3v) is 11.8. The van der Waals surface area contributed by atoms with Crippen LogP contribution in [0.2, 0.25) is 0 Å². The highest BCUT2D eigenvalue weighted by Gasteiger charge is 2.52. The summed E-state index contributed by atoms with van der Waals surface area (Å²) in [6, 6.07) is 2.22. The van der Waals surface area contributed by atoms with Crippen LogP contribution < -0.4 is 0 Å². The van der Waals surface area contributed by atoms with Gasteiger partial charge in [-0.25, -0.2) is 8.78 Å². The molecule has 266 valence electrons. The van der Waals surface area contributed by atoms with E-state index in [0.717, 1.165) is 49.1 Å². The summed E-state index contributed by atoms with van der Waals surface area (Å²) in [5, 5.41) is -0.0599. The second-order valence-electron chi connectivity index (χ2n) is 15.6. The molecule has 3 aliphatic rings. The van der Waals surface area contributed by atoms with E-state index in [4.69, 9.17) is 0 Å². The monoisotopic (exact) mass is 688 g/mol. The Morgan fingerprint density at radius 2 is 1.65 bits per heavy atom. The number of hydrogen-bond acceptors (Lipinski definition) is 6. The van der Waals surface area contributed by atoms with Crippen molar-refractivity contribution >= 4 is 34.6 Å². The van der Waals surface area contributed by atoms with E-state index < -0.39 is 41.0 Å². The van der Waals surface area contributed by atoms with Gasteiger partial charge in [-0.15, -0.1) is 0 Å². The van der Waals surface area contributed by atoms with Gasteiger partial charge in [0, 0.05) is 69.5 Å². The molecule has 48 heavy (non-hydrogen) atoms. The summed E-state index contributed by atoms with van der Waals surface area (Å²) >= 11 is 1.13. The predicted molar refractivity (Wildman–Crippen MR) is 186 cm³/mol. The molecule has 11 heteroatoms. The number of halogens is 2. The van der Waals surface area contributed by atoms with Crippen LogP contribution in [0.1, 0.15) is 92.1 Å². The molecule has 3 amide bonds. The zero-order valence-electron chi connectivity index (χ0n) is 30.0. The minimum atomic E-state index is -0.855. The van der Waals surface area contributed by atoms with E-state index in [1.807, 2.05) is 46.4 Å². The van der Waals surface area contributed by atoms with Crippen molar-refractivity contribution in [2.75, 3.05) is 39.0 Å². The molecule has 0 radical (unpaired) electrons. The van der Waals surface area contributed by atoms with E-state index in [1.54, 1.807) is 16.8 Å². The molecule has 3 fully saturated rings. The molecule has 8 nitrogen and oxygen atoms in total. The first kappa shape index (κ1) is 38.0. The van der Waals surface area contributed by atoms with Gasteiger partial charge in [0.25, 0.3) is 0 Å². The number of amides is 3. The zero-order valence-corrected chi connectivity index (χ0v) is 30.8. The van der Waals surface area contributed by atoms with Gasteiger partial charge in [0.05, 0.1) is 17.4 Å². The number of hydrogen-bond donors (Lipinski definition) is 0. The Balaban J connectivity index is 1.74. The second-order valence-corrected chi connectivity index (χ2v) is 16.7. The molecule has 1 unspecified atom stereocenters. The number of likely N-dealkylation sites (tertiary alicyclic amines) is 2. The molecule has 1 saturated carbocycles. The fraction of sp³-hybridized carbons (Fsp3) is 0.676. The number of benzene rings is 1. The van der Waals surface area contributed by atoms with Crippen molar-refractivity contribution in [3.63, 3.8) is 0 Å². The zero-order chi connectivity index (χ0) is 35.7. The Bertz CT molecular complexity index is 1400. The predicted octanol–water partition coefficient (Wildman–Crippen LogP) is 5.86. The Kier molecular flexibility index (Phi) is 11.9. The van der Waals surface area contributed by atoms with Crippen LogP contribution in [-0.2, 0) is 19.2 Å². The van der Waals surface area contributed by atoms with Crippen LogP contribution in [-0.4, -0.2) is 105 Å². The highest BCUT2D eigenvalue weighted by molar-refractivity contribution is 8.13. The highest BCUT2D eigenvalue weighted by Crippen LogP contribution is 2.41. The van der Waals surface area contributed by atoms with Crippen LogP contribution in [0.5, 0.6) is 0 Å². The van der Waals surface area contributed by atoms with E-state index in [9.17, 15) is 23.6 Å². The first-order valence-electron chi connectivity index (χ1n) is 17.2. The fourth-order valence-corrected chi connectivity index (χ4v) is 8.13. The average Bonchev–Trinajstić information content (AvgIpc) is 3.66. The van der Waals surface area contributed by atoms with E-state index in [-0.39, 0.29) is 46.5 Å². The Labute approximate surface area is 289 Å². The van der Waals surface area contributed by atoms with Crippen molar-refractivity contribution in [2.45, 2.75) is 110 Å². The summed E-state index contributed by atoms with van der Waals surface area (Å²) in [6.45, 7) is 18.8. The fourth-order valence-electron chi connectivity index (χ4n) is 7.45. The molecule has 0 N–H and O–H groups in total. The molecule has 0 spiro atoms. The number of likely N-dealkylation sites (N-methyl/N-ethyl adjacent to an activating group) is 1. The van der Waals surface area contributed by atoms with Crippen LogP contribution >= 0.6 is 11.8 Å². The summed E-state index contributed by atoms with van der Waals surface area (Å²) in [5.74, 6) is -2.79. The normalized spacial score (nSPS) is 24.2. The van der Waals surface area contributed by atoms with Crippen LogP contribution in [0.3, 0.4) is 0 Å². The van der Waals surface area contributed by atoms with Crippen LogP contribution in [0, 0.1) is 23.0 Å². The maximum Gasteiger partial charge on any atom is 0.245 e. The maximum absolute atomic E-state index is 15.3. The number of allylic oxidation sites excluding steroid dienone is 1. The Morgan fingerprint density at radius 3 is 2.21 bits per heavy atom. The standard InChI is InChI=1S/C37H54F2N4O4S/c1-10-40(9)34(46)32-18-27(43(26-14-11-23(2)12-15-26)35(47)37(7,8)22-48-24(3)44)19-42(32)33(45)30-21-41(36(4,5)6)20-29(30)28-16-13-25(38)17-31(28)39/h13,16-17,26-27,29-30,32H,2,10-12,14-15,18-22H2,1,3-9H3/t27-,29+,30?,32-/m0/s1. The van der Waals surface area contributed by atoms with Gasteiger partial charge >= 0.3 is 0 Å². The van der Waals surface area contributed by atoms with Crippen molar-refractivity contribution in [3.05, 3.63) is 47.5 Å². The van der Waals surface area contributed by atoms with E-state index in [1.165, 1.54) is 19.1 Å². The molecule has 1 aliphatic carbocycles. The van der Waals surface area contributed by atoms with E-state index >= 15 is 4.39 Å². The van der Waals surface area contributed by atoms with Gasteiger partial charge < -0.3 is 14.7 Å². The van der Waals surface area contributed by atoms with Gasteiger partial charge in [-0.05, 0) is 71.4 Å². The molecule has 0 bridgehead atoms. The smallest absolute Gasteiger partial charge is 0.245 e. The Morgan fingerprint density at radius 1 is 1.00 bits per heavy atom. The van der Waals surface area contributed by atoms with Crippen LogP contribution in [0.15, 0.2) is 30.4 Å². The lowest BCUT2D eigenvalue weighted by molar-refractivity contribution is -0.146. The number of thioether (sulfide) groups is 1. The lowest BCUT2D eigenvalue weighted by Gasteiger charge is -2.43. The summed E-state index contributed by atoms with van der Waals surface area (Å²) < 4.78 is 29.3. The van der Waals surface area contributed by atoms with E-state index in [2.05, 4.69) is 11.5 Å². The molecule has 4 rings (SSSR count). The quantitative estimate of drug-likeness (QED) is 0.303. The molecule has 1 aromatic rings. The lowest BCUT2D eigenvalue weighted by Crippen LogP contribution is -2.54. The van der Waals surface area contributed by atoms with Crippen molar-refractivity contribution in [3.8, 4) is 0 Å². The molecule has 2 saturated heterocycles. The highest BCUT2D eigenvalue weighted by atomic mass is 32.2. The number of nitrogens with zero attached hydrogens (tertiary/aromatic N) is 4. The third-order valence-electron chi connectivity index (χ3n) is 10.5. The molecule has 2 aliphatic heterocycles. The molecular formula is C37H54F2N4O4S. The minimum absolute atomic E-state index is 0.0599. The van der Waals surface area contributed by atoms with Crippen LogP contribution in [0.25, 0.3) is 0 Å². The summed E-state index contributed by atoms with van der Waals surface area (Å²) in [4.78, 5) is 62.5. The summed E-state index contributed by atoms with van der Waals surface area (Å²) in [7, 11) is 1.71. The molecule has 4 atom stereocenters. The van der Waals surface area contributed by atoms with Crippen molar-refractivity contribution in [1.82, 2.24) is 19.6 Å². The number of carbonyl (C=O) groups excluding carboxylic acids is 4. The van der Waals surface area contributed by atoms with Crippen LogP contribution in [0.4, 0.5) is 8.78 Å². The number of carbonyl (C=O) groups is 4. The number of rotatable bonds is 9. The summed E-state index contributed by atoms with van der Waals surface area (Å²) in [6.07, 6.45) is 3.37. The van der Waals surface area contributed by atoms with E-state index in [0.29, 0.717) is 31.8 Å². The van der Waals surface area contributed by atoms with Crippen molar-refractivity contribution in [1.29, 1.82) is 0 Å². The van der Waals surface area contributed by atoms with Gasteiger partial charge in [0.2, 0.25) is 17.7 Å². The summed E-state index contributed by atoms with van der Waals surface area (Å²) in [5.41, 5.74) is 0.266. The van der Waals surface area contributed by atoms with Crippen molar-refractivity contribution < 1.29 is 28.0 Å². The first-order chi connectivity index (χ1) is 22.3. The van der Waals surface area contributed by atoms with Gasteiger partial charge in [-0.2, -0.15) is 0 Å². The molecular weight excluding hydrogens is 634 g/mol. The van der Waals surface area contributed by atoms with Crippen molar-refractivity contribution in [2.24, 2.45) is 11.3 Å². The first-order valence-corrected chi connectivity index (χ1v) is 18.2. The molecule has 0 aromatic heterocycles. The SMILES string of the molecule is C=C1CCC(N(C(=O)C(C)(C)CSC(C)=O)[C@H]2C[C@@H](C(=O)N(C)CC)N(C(=O)C3CN(C(C)(C)C)C[C@@H]3c3ccc(F)cc3F)C2)CC1. The molecule has 2 heterocycles. The largest absolute Gasteiger partial charge is 0.344 e. The Hall–Kier alpha value is -2.79. The maximum atomic E-state index is 15.3. The minimum Gasteiger partial charge on any atom is -0.344 e. The van der Waals surface area contributed by atoms with Gasteiger partial charge in [0.15, 0.2) is 5.12 Å². The van der Waals surface area contributed by atoms with Gasteiger partial charge in [-0.1, -0.05) is 43.8 Å². The second kappa shape index (κ2) is 15.0. The van der Waals surface area contributed by atoms with Gasteiger partial charge in [0.1, 0.15) is 17.7 Å². The topological polar surface area (TPSA) is 81.2 Å².